The molecule has 2 rings (SSSR count). The van der Waals surface area contributed by atoms with Crippen LogP contribution in [0.4, 0.5) is 0 Å². The van der Waals surface area contributed by atoms with E-state index in [0.717, 1.165) is 18.4 Å². The Balaban J connectivity index is 1.74. The second kappa shape index (κ2) is 7.24. The Hall–Kier alpha value is -0.120. The van der Waals surface area contributed by atoms with Gasteiger partial charge in [-0.15, -0.1) is 0 Å². The molecule has 3 atom stereocenters. The van der Waals surface area contributed by atoms with Gasteiger partial charge in [-0.1, -0.05) is 26.7 Å². The smallest absolute Gasteiger partial charge is 0.0610 e. The molecular formula is C17H34N2O. The highest BCUT2D eigenvalue weighted by molar-refractivity contribution is 4.90. The molecule has 20 heavy (non-hydrogen) atoms. The maximum Gasteiger partial charge on any atom is 0.0610 e. The fourth-order valence-electron chi connectivity index (χ4n) is 4.35. The predicted octanol–water partition coefficient (Wildman–Crippen LogP) is 2.78. The molecular weight excluding hydrogens is 248 g/mol. The Morgan fingerprint density at radius 2 is 2.00 bits per heavy atom. The Morgan fingerprint density at radius 1 is 1.25 bits per heavy atom. The van der Waals surface area contributed by atoms with Crippen LogP contribution in [0.2, 0.25) is 0 Å². The topological polar surface area (TPSA) is 35.5 Å². The summed E-state index contributed by atoms with van der Waals surface area (Å²) in [7, 11) is 0. The first-order valence-corrected chi connectivity index (χ1v) is 8.67. The third kappa shape index (κ3) is 4.19. The zero-order valence-electron chi connectivity index (χ0n) is 13.7. The molecule has 1 aliphatic carbocycles. The van der Waals surface area contributed by atoms with Gasteiger partial charge in [0.15, 0.2) is 0 Å². The number of aliphatic hydroxyl groups excluding tert-OH is 1. The lowest BCUT2D eigenvalue weighted by Crippen LogP contribution is -2.49. The van der Waals surface area contributed by atoms with Gasteiger partial charge in [0.2, 0.25) is 0 Å². The number of fused-ring (bicyclic) bond motifs is 1. The van der Waals surface area contributed by atoms with E-state index in [1.807, 2.05) is 0 Å². The number of likely N-dealkylation sites (tertiary alicyclic amines) is 1. The summed E-state index contributed by atoms with van der Waals surface area (Å²) >= 11 is 0. The van der Waals surface area contributed by atoms with Crippen molar-refractivity contribution >= 4 is 0 Å². The van der Waals surface area contributed by atoms with E-state index in [9.17, 15) is 5.11 Å². The van der Waals surface area contributed by atoms with Crippen LogP contribution in [0.25, 0.3) is 0 Å². The number of nitrogens with zero attached hydrogens (tertiary/aromatic N) is 1. The number of rotatable bonds is 7. The maximum atomic E-state index is 9.64. The van der Waals surface area contributed by atoms with E-state index in [1.165, 1.54) is 51.6 Å². The minimum Gasteiger partial charge on any atom is -0.394 e. The van der Waals surface area contributed by atoms with Gasteiger partial charge in [0.05, 0.1) is 6.61 Å². The van der Waals surface area contributed by atoms with Crippen molar-refractivity contribution in [3.63, 3.8) is 0 Å². The highest BCUT2D eigenvalue weighted by Crippen LogP contribution is 2.36. The first-order valence-electron chi connectivity index (χ1n) is 8.67. The van der Waals surface area contributed by atoms with Crippen LogP contribution in [0, 0.1) is 5.92 Å². The van der Waals surface area contributed by atoms with Crippen LogP contribution in [0.5, 0.6) is 0 Å². The van der Waals surface area contributed by atoms with Crippen molar-refractivity contribution < 1.29 is 5.11 Å². The molecule has 0 bridgehead atoms. The van der Waals surface area contributed by atoms with Crippen molar-refractivity contribution in [2.75, 3.05) is 19.7 Å². The zero-order valence-corrected chi connectivity index (χ0v) is 13.7. The van der Waals surface area contributed by atoms with Crippen molar-refractivity contribution in [3.8, 4) is 0 Å². The number of aliphatic hydroxyl groups is 1. The zero-order chi connectivity index (χ0) is 14.6. The summed E-state index contributed by atoms with van der Waals surface area (Å²) in [5, 5.41) is 13.2. The van der Waals surface area contributed by atoms with Crippen LogP contribution in [-0.2, 0) is 0 Å². The van der Waals surface area contributed by atoms with E-state index in [0.29, 0.717) is 6.04 Å². The van der Waals surface area contributed by atoms with Crippen molar-refractivity contribution in [2.24, 2.45) is 5.92 Å². The molecule has 2 N–H and O–H groups in total. The average Bonchev–Trinajstić information content (AvgIpc) is 2.82. The minimum atomic E-state index is -0.111. The van der Waals surface area contributed by atoms with Gasteiger partial charge in [-0.25, -0.2) is 0 Å². The molecule has 3 heteroatoms. The predicted molar refractivity (Wildman–Crippen MR) is 84.9 cm³/mol. The van der Waals surface area contributed by atoms with Crippen LogP contribution < -0.4 is 5.32 Å². The molecule has 1 saturated carbocycles. The Bertz CT molecular complexity index is 295. The van der Waals surface area contributed by atoms with Crippen LogP contribution >= 0.6 is 0 Å². The third-order valence-electron chi connectivity index (χ3n) is 5.29. The van der Waals surface area contributed by atoms with E-state index in [4.69, 9.17) is 0 Å². The largest absolute Gasteiger partial charge is 0.394 e. The fourth-order valence-corrected chi connectivity index (χ4v) is 4.35. The summed E-state index contributed by atoms with van der Waals surface area (Å²) in [5.41, 5.74) is -0.111. The van der Waals surface area contributed by atoms with Crippen molar-refractivity contribution in [2.45, 2.75) is 83.3 Å². The second-order valence-corrected chi connectivity index (χ2v) is 7.56. The van der Waals surface area contributed by atoms with Gasteiger partial charge >= 0.3 is 0 Å². The second-order valence-electron chi connectivity index (χ2n) is 7.56. The molecule has 0 aromatic heterocycles. The van der Waals surface area contributed by atoms with Crippen LogP contribution in [-0.4, -0.2) is 47.3 Å². The van der Waals surface area contributed by atoms with Gasteiger partial charge in [0.1, 0.15) is 0 Å². The van der Waals surface area contributed by atoms with E-state index < -0.39 is 0 Å². The standard InChI is InChI=1S/C17H34N2O/c1-14(2)18-17(3,13-20)10-6-11-19-12-9-15-7-4-5-8-16(15)19/h14-16,18,20H,4-13H2,1-3H3. The normalized spacial score (nSPS) is 30.4. The lowest BCUT2D eigenvalue weighted by Gasteiger charge is -2.34. The number of hydrogen-bond donors (Lipinski definition) is 2. The Labute approximate surface area is 125 Å². The summed E-state index contributed by atoms with van der Waals surface area (Å²) in [5.74, 6) is 0.988. The lowest BCUT2D eigenvalue weighted by atomic mass is 9.85. The molecule has 3 unspecified atom stereocenters. The maximum absolute atomic E-state index is 9.64. The van der Waals surface area contributed by atoms with Gasteiger partial charge < -0.3 is 15.3 Å². The highest BCUT2D eigenvalue weighted by Gasteiger charge is 2.35. The third-order valence-corrected chi connectivity index (χ3v) is 5.29. The first kappa shape index (κ1) is 16.3. The SMILES string of the molecule is CC(C)NC(C)(CO)CCCN1CCC2CCCCC21. The number of nitrogens with one attached hydrogen (secondary N) is 1. The Kier molecular flexibility index (Phi) is 5.88. The van der Waals surface area contributed by atoms with E-state index in [-0.39, 0.29) is 12.1 Å². The van der Waals surface area contributed by atoms with Gasteiger partial charge in [-0.3, -0.25) is 0 Å². The molecule has 0 spiro atoms. The van der Waals surface area contributed by atoms with Crippen LogP contribution in [0.15, 0.2) is 0 Å². The number of hydrogen-bond acceptors (Lipinski definition) is 3. The van der Waals surface area contributed by atoms with Crippen LogP contribution in [0.1, 0.15) is 65.7 Å². The Morgan fingerprint density at radius 3 is 2.70 bits per heavy atom. The van der Waals surface area contributed by atoms with Gasteiger partial charge in [-0.2, -0.15) is 0 Å². The lowest BCUT2D eigenvalue weighted by molar-refractivity contribution is 0.139. The van der Waals surface area contributed by atoms with Gasteiger partial charge in [-0.05, 0) is 58.0 Å². The minimum absolute atomic E-state index is 0.111. The summed E-state index contributed by atoms with van der Waals surface area (Å²) in [4.78, 5) is 2.73. The summed E-state index contributed by atoms with van der Waals surface area (Å²) in [6, 6.07) is 1.31. The monoisotopic (exact) mass is 282 g/mol. The molecule has 2 fully saturated rings. The summed E-state index contributed by atoms with van der Waals surface area (Å²) < 4.78 is 0. The molecule has 2 aliphatic rings. The van der Waals surface area contributed by atoms with Crippen molar-refractivity contribution in [1.82, 2.24) is 10.2 Å². The fraction of sp³-hybridized carbons (Fsp3) is 1.00. The molecule has 1 heterocycles. The van der Waals surface area contributed by atoms with Crippen molar-refractivity contribution in [1.29, 1.82) is 0 Å². The van der Waals surface area contributed by atoms with E-state index >= 15 is 0 Å². The highest BCUT2D eigenvalue weighted by atomic mass is 16.3. The van der Waals surface area contributed by atoms with Gasteiger partial charge in [0, 0.05) is 17.6 Å². The molecule has 0 radical (unpaired) electrons. The van der Waals surface area contributed by atoms with E-state index in [2.05, 4.69) is 31.0 Å². The molecule has 0 amide bonds. The summed E-state index contributed by atoms with van der Waals surface area (Å²) in [6.07, 6.45) is 9.45. The quantitative estimate of drug-likeness (QED) is 0.754. The van der Waals surface area contributed by atoms with Crippen LogP contribution in [0.3, 0.4) is 0 Å². The average molecular weight is 282 g/mol. The molecule has 3 nitrogen and oxygen atoms in total. The van der Waals surface area contributed by atoms with Crippen molar-refractivity contribution in [3.05, 3.63) is 0 Å². The van der Waals surface area contributed by atoms with Gasteiger partial charge in [0.25, 0.3) is 0 Å². The molecule has 1 aliphatic heterocycles. The summed E-state index contributed by atoms with van der Waals surface area (Å²) in [6.45, 7) is 9.22. The molecule has 0 aromatic rings. The molecule has 1 saturated heterocycles. The van der Waals surface area contributed by atoms with E-state index in [1.54, 1.807) is 0 Å². The molecule has 118 valence electrons. The molecule has 0 aromatic carbocycles. The first-order chi connectivity index (χ1) is 9.54.